The molecule has 0 aliphatic carbocycles. The highest BCUT2D eigenvalue weighted by Crippen LogP contribution is 2.11. The van der Waals surface area contributed by atoms with Crippen LogP contribution in [0.3, 0.4) is 0 Å². The number of nitrogens with one attached hydrogen (secondary N) is 1. The third kappa shape index (κ3) is 5.33. The summed E-state index contributed by atoms with van der Waals surface area (Å²) in [6.45, 7) is 10.8. The topological polar surface area (TPSA) is 47.3 Å². The van der Waals surface area contributed by atoms with E-state index in [2.05, 4.69) is 24.3 Å². The number of hydrogen-bond acceptors (Lipinski definition) is 4. The fraction of sp³-hybridized carbons (Fsp3) is 0.769. The second-order valence-corrected chi connectivity index (χ2v) is 4.61. The third-order valence-electron chi connectivity index (χ3n) is 2.68. The van der Waals surface area contributed by atoms with E-state index in [1.54, 1.807) is 0 Å². The van der Waals surface area contributed by atoms with Gasteiger partial charge in [-0.2, -0.15) is 0 Å². The SMILES string of the molecule is Cc1noc(C)c1CNCCCCOC(C)C. The first-order valence-electron chi connectivity index (χ1n) is 6.35. The lowest BCUT2D eigenvalue weighted by Crippen LogP contribution is -2.16. The van der Waals surface area contributed by atoms with Gasteiger partial charge in [0, 0.05) is 18.7 Å². The minimum Gasteiger partial charge on any atom is -0.379 e. The highest BCUT2D eigenvalue weighted by Gasteiger charge is 2.07. The van der Waals surface area contributed by atoms with Crippen LogP contribution in [0.15, 0.2) is 4.52 Å². The molecular weight excluding hydrogens is 216 g/mol. The Morgan fingerprint density at radius 1 is 1.29 bits per heavy atom. The maximum absolute atomic E-state index is 5.48. The van der Waals surface area contributed by atoms with Crippen molar-refractivity contribution in [3.05, 3.63) is 17.0 Å². The molecule has 0 saturated carbocycles. The van der Waals surface area contributed by atoms with Crippen LogP contribution >= 0.6 is 0 Å². The van der Waals surface area contributed by atoms with Gasteiger partial charge in [-0.05, 0) is 47.1 Å². The molecule has 4 heteroatoms. The molecule has 1 heterocycles. The summed E-state index contributed by atoms with van der Waals surface area (Å²) < 4.78 is 10.6. The van der Waals surface area contributed by atoms with Crippen molar-refractivity contribution in [1.82, 2.24) is 10.5 Å². The van der Waals surface area contributed by atoms with Crippen LogP contribution in [-0.4, -0.2) is 24.4 Å². The maximum atomic E-state index is 5.48. The predicted molar refractivity (Wildman–Crippen MR) is 68.0 cm³/mol. The molecule has 0 unspecified atom stereocenters. The zero-order valence-corrected chi connectivity index (χ0v) is 11.4. The molecule has 1 rings (SSSR count). The first-order valence-corrected chi connectivity index (χ1v) is 6.35. The lowest BCUT2D eigenvalue weighted by atomic mass is 10.2. The third-order valence-corrected chi connectivity index (χ3v) is 2.68. The van der Waals surface area contributed by atoms with Gasteiger partial charge in [0.2, 0.25) is 0 Å². The molecule has 0 aliphatic heterocycles. The number of unbranched alkanes of at least 4 members (excludes halogenated alkanes) is 1. The first-order chi connectivity index (χ1) is 8.11. The van der Waals surface area contributed by atoms with Crippen molar-refractivity contribution in [2.75, 3.05) is 13.2 Å². The van der Waals surface area contributed by atoms with Gasteiger partial charge in [-0.1, -0.05) is 5.16 Å². The van der Waals surface area contributed by atoms with Gasteiger partial charge < -0.3 is 14.6 Å². The summed E-state index contributed by atoms with van der Waals surface area (Å²) >= 11 is 0. The number of hydrogen-bond donors (Lipinski definition) is 1. The van der Waals surface area contributed by atoms with Crippen LogP contribution in [0.2, 0.25) is 0 Å². The quantitative estimate of drug-likeness (QED) is 0.709. The average Bonchev–Trinajstić information content (AvgIpc) is 2.58. The fourth-order valence-electron chi connectivity index (χ4n) is 1.64. The molecule has 0 aliphatic rings. The Bertz CT molecular complexity index is 302. The Hall–Kier alpha value is -0.870. The van der Waals surface area contributed by atoms with Crippen LogP contribution in [0.25, 0.3) is 0 Å². The van der Waals surface area contributed by atoms with E-state index in [1.165, 1.54) is 5.56 Å². The van der Waals surface area contributed by atoms with Gasteiger partial charge in [0.1, 0.15) is 5.76 Å². The number of aryl methyl sites for hydroxylation is 2. The molecule has 0 spiro atoms. The van der Waals surface area contributed by atoms with Gasteiger partial charge in [0.15, 0.2) is 0 Å². The summed E-state index contributed by atoms with van der Waals surface area (Å²) in [6.07, 6.45) is 2.58. The van der Waals surface area contributed by atoms with E-state index in [1.807, 2.05) is 13.8 Å². The Labute approximate surface area is 104 Å². The summed E-state index contributed by atoms with van der Waals surface area (Å²) in [7, 11) is 0. The smallest absolute Gasteiger partial charge is 0.138 e. The number of aromatic nitrogens is 1. The van der Waals surface area contributed by atoms with E-state index in [-0.39, 0.29) is 0 Å². The zero-order valence-electron chi connectivity index (χ0n) is 11.4. The lowest BCUT2D eigenvalue weighted by Gasteiger charge is -2.07. The van der Waals surface area contributed by atoms with Crippen LogP contribution in [0.1, 0.15) is 43.7 Å². The van der Waals surface area contributed by atoms with E-state index >= 15 is 0 Å². The van der Waals surface area contributed by atoms with Gasteiger partial charge in [0.05, 0.1) is 11.8 Å². The number of ether oxygens (including phenoxy) is 1. The molecule has 0 atom stereocenters. The van der Waals surface area contributed by atoms with Crippen molar-refractivity contribution in [3.63, 3.8) is 0 Å². The normalized spacial score (nSPS) is 11.4. The highest BCUT2D eigenvalue weighted by atomic mass is 16.5. The average molecular weight is 240 g/mol. The van der Waals surface area contributed by atoms with Crippen molar-refractivity contribution in [1.29, 1.82) is 0 Å². The Kier molecular flexibility index (Phi) is 6.22. The van der Waals surface area contributed by atoms with E-state index in [0.717, 1.165) is 44.0 Å². The van der Waals surface area contributed by atoms with E-state index in [0.29, 0.717) is 6.10 Å². The van der Waals surface area contributed by atoms with Crippen LogP contribution in [-0.2, 0) is 11.3 Å². The van der Waals surface area contributed by atoms with E-state index in [9.17, 15) is 0 Å². The Balaban J connectivity index is 2.05. The summed E-state index contributed by atoms with van der Waals surface area (Å²) in [5.74, 6) is 0.915. The summed E-state index contributed by atoms with van der Waals surface area (Å²) in [5.41, 5.74) is 2.17. The molecule has 0 bridgehead atoms. The molecule has 1 aromatic heterocycles. The van der Waals surface area contributed by atoms with Gasteiger partial charge >= 0.3 is 0 Å². The highest BCUT2D eigenvalue weighted by molar-refractivity contribution is 5.20. The van der Waals surface area contributed by atoms with Crippen molar-refractivity contribution in [2.24, 2.45) is 0 Å². The van der Waals surface area contributed by atoms with Crippen molar-refractivity contribution >= 4 is 0 Å². The van der Waals surface area contributed by atoms with Crippen LogP contribution in [0, 0.1) is 13.8 Å². The Morgan fingerprint density at radius 2 is 2.06 bits per heavy atom. The zero-order chi connectivity index (χ0) is 12.7. The number of nitrogens with zero attached hydrogens (tertiary/aromatic N) is 1. The molecule has 17 heavy (non-hydrogen) atoms. The van der Waals surface area contributed by atoms with Crippen LogP contribution in [0.4, 0.5) is 0 Å². The summed E-state index contributed by atoms with van der Waals surface area (Å²) in [6, 6.07) is 0. The van der Waals surface area contributed by atoms with Gasteiger partial charge in [-0.3, -0.25) is 0 Å². The summed E-state index contributed by atoms with van der Waals surface area (Å²) in [4.78, 5) is 0. The predicted octanol–water partition coefficient (Wildman–Crippen LogP) is 2.59. The van der Waals surface area contributed by atoms with Crippen LogP contribution in [0.5, 0.6) is 0 Å². The van der Waals surface area contributed by atoms with Crippen LogP contribution < -0.4 is 5.32 Å². The minimum atomic E-state index is 0.338. The second kappa shape index (κ2) is 7.45. The molecule has 98 valence electrons. The van der Waals surface area contributed by atoms with Crippen molar-refractivity contribution in [3.8, 4) is 0 Å². The minimum absolute atomic E-state index is 0.338. The molecule has 0 radical (unpaired) electrons. The maximum Gasteiger partial charge on any atom is 0.138 e. The molecule has 1 aromatic rings. The molecule has 1 N–H and O–H groups in total. The van der Waals surface area contributed by atoms with Crippen molar-refractivity contribution in [2.45, 2.75) is 53.2 Å². The second-order valence-electron chi connectivity index (χ2n) is 4.61. The lowest BCUT2D eigenvalue weighted by molar-refractivity contribution is 0.0760. The van der Waals surface area contributed by atoms with Gasteiger partial charge in [-0.15, -0.1) is 0 Å². The van der Waals surface area contributed by atoms with Crippen molar-refractivity contribution < 1.29 is 9.26 Å². The van der Waals surface area contributed by atoms with Gasteiger partial charge in [-0.25, -0.2) is 0 Å². The largest absolute Gasteiger partial charge is 0.379 e. The Morgan fingerprint density at radius 3 is 2.65 bits per heavy atom. The standard InChI is InChI=1S/C13H24N2O2/c1-10(2)16-8-6-5-7-14-9-13-11(3)15-17-12(13)4/h10,14H,5-9H2,1-4H3. The molecule has 4 nitrogen and oxygen atoms in total. The molecule has 0 amide bonds. The van der Waals surface area contributed by atoms with Gasteiger partial charge in [0.25, 0.3) is 0 Å². The number of rotatable bonds is 8. The molecule has 0 saturated heterocycles. The summed E-state index contributed by atoms with van der Waals surface area (Å²) in [5, 5.41) is 7.33. The van der Waals surface area contributed by atoms with E-state index < -0.39 is 0 Å². The molecule has 0 aromatic carbocycles. The van der Waals surface area contributed by atoms with E-state index in [4.69, 9.17) is 9.26 Å². The first kappa shape index (κ1) is 14.2. The molecular formula is C13H24N2O2. The monoisotopic (exact) mass is 240 g/mol. The fourth-order valence-corrected chi connectivity index (χ4v) is 1.64. The molecule has 0 fully saturated rings.